The van der Waals surface area contributed by atoms with Crippen LogP contribution in [-0.2, 0) is 0 Å². The lowest BCUT2D eigenvalue weighted by atomic mass is 10.1. The Kier molecular flexibility index (Phi) is 5.48. The molecule has 0 radical (unpaired) electrons. The molecule has 0 saturated carbocycles. The molecule has 5 nitrogen and oxygen atoms in total. The second-order valence-corrected chi connectivity index (χ2v) is 13.4. The van der Waals surface area contributed by atoms with Gasteiger partial charge in [0.25, 0.3) is 0 Å². The van der Waals surface area contributed by atoms with Gasteiger partial charge >= 0.3 is 0 Å². The molecule has 11 aromatic rings. The minimum absolute atomic E-state index is 0.630. The minimum atomic E-state index is 0.630. The third kappa shape index (κ3) is 3.95. The average Bonchev–Trinajstić information content (AvgIpc) is 3.92. The van der Waals surface area contributed by atoms with E-state index in [0.717, 1.165) is 93.1 Å². The number of fused-ring (bicyclic) bond motifs is 10. The number of benzene rings is 7. The number of aromatic nitrogens is 1. The van der Waals surface area contributed by atoms with Crippen molar-refractivity contribution in [2.45, 2.75) is 0 Å². The number of anilines is 3. The van der Waals surface area contributed by atoms with Crippen LogP contribution in [0.25, 0.3) is 86.6 Å². The fraction of sp³-hybridized carbons (Fsp3) is 0. The van der Waals surface area contributed by atoms with E-state index in [-0.39, 0.29) is 0 Å². The van der Waals surface area contributed by atoms with Gasteiger partial charge in [-0.1, -0.05) is 78.9 Å². The van der Waals surface area contributed by atoms with Gasteiger partial charge in [-0.05, 0) is 66.7 Å². The van der Waals surface area contributed by atoms with Crippen LogP contribution in [-0.4, -0.2) is 4.98 Å². The molecule has 0 aliphatic carbocycles. The van der Waals surface area contributed by atoms with Crippen LogP contribution in [0.15, 0.2) is 159 Å². The first-order valence-electron chi connectivity index (χ1n) is 16.2. The molecule has 0 amide bonds. The highest BCUT2D eigenvalue weighted by Gasteiger charge is 2.24. The number of nitrogens with zero attached hydrogens (tertiary/aromatic N) is 2. The lowest BCUT2D eigenvalue weighted by Crippen LogP contribution is -2.10. The van der Waals surface area contributed by atoms with E-state index in [2.05, 4.69) is 95.9 Å². The normalized spacial score (nSPS) is 12.1. The van der Waals surface area contributed by atoms with E-state index < -0.39 is 0 Å². The first-order valence-corrected chi connectivity index (χ1v) is 17.0. The summed E-state index contributed by atoms with van der Waals surface area (Å²) in [7, 11) is 0. The molecule has 11 rings (SSSR count). The first-order chi connectivity index (χ1) is 24.3. The molecule has 0 spiro atoms. The number of hydrogen-bond acceptors (Lipinski definition) is 6. The Balaban J connectivity index is 1.18. The molecule has 4 aromatic heterocycles. The maximum atomic E-state index is 6.63. The maximum Gasteiger partial charge on any atom is 0.227 e. The molecule has 6 heteroatoms. The zero-order chi connectivity index (χ0) is 32.1. The first kappa shape index (κ1) is 26.7. The summed E-state index contributed by atoms with van der Waals surface area (Å²) in [4.78, 5) is 7.20. The van der Waals surface area contributed by atoms with Crippen LogP contribution in [0.1, 0.15) is 0 Å². The number of thiophene rings is 1. The summed E-state index contributed by atoms with van der Waals surface area (Å²) in [6.45, 7) is 0. The van der Waals surface area contributed by atoms with Gasteiger partial charge in [-0.15, -0.1) is 11.3 Å². The molecule has 0 aliphatic heterocycles. The van der Waals surface area contributed by atoms with Crippen LogP contribution in [0.4, 0.5) is 17.1 Å². The summed E-state index contributed by atoms with van der Waals surface area (Å²) >= 11 is 1.77. The van der Waals surface area contributed by atoms with Gasteiger partial charge in [0.1, 0.15) is 22.3 Å². The molecule has 7 aromatic carbocycles. The Morgan fingerprint density at radius 1 is 0.469 bits per heavy atom. The molecule has 0 atom stereocenters. The summed E-state index contributed by atoms with van der Waals surface area (Å²) in [5.74, 6) is 0.630. The van der Waals surface area contributed by atoms with Gasteiger partial charge in [0.15, 0.2) is 11.2 Å². The van der Waals surface area contributed by atoms with Gasteiger partial charge in [0.2, 0.25) is 5.89 Å². The SMILES string of the molecule is c1ccc(-c2nc3cc4sc5c(N(c6ccc7oc8ccccc8c7c6)c6cccc7c6oc6ccccc67)cccc5c4cc3o2)cc1. The second kappa shape index (κ2) is 10.1. The van der Waals surface area contributed by atoms with Crippen LogP contribution < -0.4 is 4.90 Å². The molecular formula is C43H24N2O3S. The summed E-state index contributed by atoms with van der Waals surface area (Å²) in [6.07, 6.45) is 0. The molecule has 0 unspecified atom stereocenters. The quantitative estimate of drug-likeness (QED) is 0.190. The number of hydrogen-bond donors (Lipinski definition) is 0. The Morgan fingerprint density at radius 3 is 2.02 bits per heavy atom. The second-order valence-electron chi connectivity index (χ2n) is 12.3. The van der Waals surface area contributed by atoms with Crippen molar-refractivity contribution in [2.75, 3.05) is 4.90 Å². The van der Waals surface area contributed by atoms with Crippen molar-refractivity contribution in [3.8, 4) is 11.5 Å². The van der Waals surface area contributed by atoms with Crippen molar-refractivity contribution in [3.63, 3.8) is 0 Å². The van der Waals surface area contributed by atoms with E-state index in [0.29, 0.717) is 5.89 Å². The summed E-state index contributed by atoms with van der Waals surface area (Å²) < 4.78 is 21.5. The Morgan fingerprint density at radius 2 is 1.16 bits per heavy atom. The van der Waals surface area contributed by atoms with Crippen molar-refractivity contribution in [3.05, 3.63) is 146 Å². The van der Waals surface area contributed by atoms with Gasteiger partial charge in [0, 0.05) is 48.3 Å². The Hall–Kier alpha value is -6.37. The summed E-state index contributed by atoms with van der Waals surface area (Å²) in [5.41, 5.74) is 9.07. The van der Waals surface area contributed by atoms with E-state index in [1.165, 1.54) is 4.70 Å². The monoisotopic (exact) mass is 648 g/mol. The Bertz CT molecular complexity index is 3070. The van der Waals surface area contributed by atoms with Crippen molar-refractivity contribution in [1.82, 2.24) is 4.98 Å². The smallest absolute Gasteiger partial charge is 0.227 e. The predicted octanol–water partition coefficient (Wildman–Crippen LogP) is 13.1. The molecule has 0 bridgehead atoms. The number of furan rings is 2. The zero-order valence-electron chi connectivity index (χ0n) is 25.9. The number of para-hydroxylation sites is 3. The third-order valence-corrected chi connectivity index (χ3v) is 10.7. The fourth-order valence-corrected chi connectivity index (χ4v) is 8.47. The van der Waals surface area contributed by atoms with Crippen molar-refractivity contribution in [1.29, 1.82) is 0 Å². The number of oxazole rings is 1. The van der Waals surface area contributed by atoms with E-state index >= 15 is 0 Å². The highest BCUT2D eigenvalue weighted by molar-refractivity contribution is 7.26. The molecule has 0 saturated heterocycles. The zero-order valence-corrected chi connectivity index (χ0v) is 26.7. The topological polar surface area (TPSA) is 55.6 Å². The lowest BCUT2D eigenvalue weighted by molar-refractivity contribution is 0.620. The highest BCUT2D eigenvalue weighted by Crippen LogP contribution is 2.49. The van der Waals surface area contributed by atoms with Crippen LogP contribution in [0.3, 0.4) is 0 Å². The predicted molar refractivity (Wildman–Crippen MR) is 202 cm³/mol. The van der Waals surface area contributed by atoms with Gasteiger partial charge in [-0.25, -0.2) is 4.98 Å². The van der Waals surface area contributed by atoms with Crippen molar-refractivity contribution >= 4 is 104 Å². The molecule has 4 heterocycles. The van der Waals surface area contributed by atoms with Crippen LogP contribution in [0.2, 0.25) is 0 Å². The molecular weight excluding hydrogens is 625 g/mol. The largest absolute Gasteiger partial charge is 0.456 e. The van der Waals surface area contributed by atoms with Gasteiger partial charge in [-0.2, -0.15) is 0 Å². The van der Waals surface area contributed by atoms with Crippen molar-refractivity contribution in [2.24, 2.45) is 0 Å². The van der Waals surface area contributed by atoms with Crippen LogP contribution in [0.5, 0.6) is 0 Å². The standard InChI is InChI=1S/C43H24N2O3S/c1-2-10-25(11-3-1)43-44-33-24-40-32(23-39(33)48-43)30-15-9-17-35(42(30)49-40)45(26-20-21-38-31(22-26)28-13-5-6-18-36(28)46-38)34-16-8-14-29-27-12-4-7-19-37(27)47-41(29)34/h1-24H. The molecule has 0 aliphatic rings. The van der Waals surface area contributed by atoms with Crippen molar-refractivity contribution < 1.29 is 13.3 Å². The maximum absolute atomic E-state index is 6.63. The summed E-state index contributed by atoms with van der Waals surface area (Å²) in [6, 6.07) is 50.2. The van der Waals surface area contributed by atoms with E-state index in [4.69, 9.17) is 18.2 Å². The minimum Gasteiger partial charge on any atom is -0.456 e. The lowest BCUT2D eigenvalue weighted by Gasteiger charge is -2.26. The van der Waals surface area contributed by atoms with E-state index in [1.54, 1.807) is 11.3 Å². The van der Waals surface area contributed by atoms with Crippen LogP contribution >= 0.6 is 11.3 Å². The third-order valence-electron chi connectivity index (χ3n) is 9.49. The van der Waals surface area contributed by atoms with Gasteiger partial charge in [-0.3, -0.25) is 0 Å². The average molecular weight is 649 g/mol. The molecule has 230 valence electrons. The molecule has 49 heavy (non-hydrogen) atoms. The highest BCUT2D eigenvalue weighted by atomic mass is 32.1. The Labute approximate surface area is 282 Å². The fourth-order valence-electron chi connectivity index (χ4n) is 7.25. The van der Waals surface area contributed by atoms with Crippen LogP contribution in [0, 0.1) is 0 Å². The molecule has 0 N–H and O–H groups in total. The van der Waals surface area contributed by atoms with Gasteiger partial charge in [0.05, 0.1) is 16.1 Å². The summed E-state index contributed by atoms with van der Waals surface area (Å²) in [5, 5.41) is 6.64. The van der Waals surface area contributed by atoms with Gasteiger partial charge < -0.3 is 18.2 Å². The number of rotatable bonds is 4. The van der Waals surface area contributed by atoms with E-state index in [1.807, 2.05) is 54.6 Å². The molecule has 0 fully saturated rings. The van der Waals surface area contributed by atoms with E-state index in [9.17, 15) is 0 Å².